The molecule has 0 saturated carbocycles. The highest BCUT2D eigenvalue weighted by Gasteiger charge is 2.44. The lowest BCUT2D eigenvalue weighted by molar-refractivity contribution is -0.144. The van der Waals surface area contributed by atoms with Gasteiger partial charge in [0, 0.05) is 73.9 Å². The number of hydrogen-bond donors (Lipinski definition) is 1. The second kappa shape index (κ2) is 18.5. The summed E-state index contributed by atoms with van der Waals surface area (Å²) in [6, 6.07) is 0.0702. The summed E-state index contributed by atoms with van der Waals surface area (Å²) in [5.41, 5.74) is -1.32. The molecule has 0 aromatic rings. The van der Waals surface area contributed by atoms with Gasteiger partial charge in [0.25, 0.3) is 0 Å². The Hall–Kier alpha value is -2.21. The molecule has 0 spiro atoms. The number of amides is 3. The molecule has 0 unspecified atom stereocenters. The van der Waals surface area contributed by atoms with E-state index in [1.165, 1.54) is 11.8 Å². The van der Waals surface area contributed by atoms with E-state index in [1.807, 2.05) is 56.2 Å². The van der Waals surface area contributed by atoms with Gasteiger partial charge < -0.3 is 19.8 Å². The van der Waals surface area contributed by atoms with Crippen LogP contribution in [0, 0.1) is 17.8 Å². The Labute approximate surface area is 260 Å². The number of carboxylic acids is 1. The van der Waals surface area contributed by atoms with Crippen LogP contribution in [0.5, 0.6) is 0 Å². The molecule has 0 atom stereocenters. The van der Waals surface area contributed by atoms with Crippen LogP contribution in [0.3, 0.4) is 0 Å². The highest BCUT2D eigenvalue weighted by molar-refractivity contribution is 7.99. The Bertz CT molecular complexity index is 923. The van der Waals surface area contributed by atoms with Crippen LogP contribution in [0.1, 0.15) is 121 Å². The Balaban J connectivity index is 5.77. The SMILES string of the molecule is C#CCCCC(=O)N(CCC(C)(C)C(C)(C)N(CCC(C)(C)N(CCSCCC(=O)O)C(=O)CC)C(=O)CC)C(C)C. The standard InChI is InChI=1S/C33H59N3O5S/c1-12-15-16-17-29(39)34(26(4)5)21-19-31(6,7)33(10,11)36(28(38)14-3)22-20-32(8,9)35(27(37)13-2)23-25-42-24-18-30(40)41/h1,26H,13-25H2,2-11H3,(H,40,41). The zero-order valence-electron chi connectivity index (χ0n) is 28.2. The summed E-state index contributed by atoms with van der Waals surface area (Å²) in [4.78, 5) is 55.9. The van der Waals surface area contributed by atoms with E-state index in [1.54, 1.807) is 0 Å². The van der Waals surface area contributed by atoms with E-state index in [2.05, 4.69) is 33.6 Å². The van der Waals surface area contributed by atoms with Gasteiger partial charge in [-0.25, -0.2) is 0 Å². The molecule has 0 saturated heterocycles. The van der Waals surface area contributed by atoms with Crippen molar-refractivity contribution < 1.29 is 24.3 Å². The van der Waals surface area contributed by atoms with Crippen molar-refractivity contribution >= 4 is 35.5 Å². The maximum atomic E-state index is 13.4. The van der Waals surface area contributed by atoms with Crippen molar-refractivity contribution in [3.8, 4) is 12.3 Å². The van der Waals surface area contributed by atoms with Crippen LogP contribution in [0.2, 0.25) is 0 Å². The van der Waals surface area contributed by atoms with Crippen LogP contribution in [-0.4, -0.2) is 91.8 Å². The first-order valence-corrected chi connectivity index (χ1v) is 16.7. The number of thioether (sulfide) groups is 1. The van der Waals surface area contributed by atoms with Gasteiger partial charge in [0.15, 0.2) is 0 Å². The molecule has 9 heteroatoms. The van der Waals surface area contributed by atoms with Gasteiger partial charge in [0.2, 0.25) is 17.7 Å². The Morgan fingerprint density at radius 2 is 1.38 bits per heavy atom. The molecule has 0 heterocycles. The quantitative estimate of drug-likeness (QED) is 0.125. The summed E-state index contributed by atoms with van der Waals surface area (Å²) in [7, 11) is 0. The zero-order chi connectivity index (χ0) is 32.7. The minimum atomic E-state index is -0.820. The topological polar surface area (TPSA) is 98.2 Å². The predicted molar refractivity (Wildman–Crippen MR) is 174 cm³/mol. The van der Waals surface area contributed by atoms with Crippen LogP contribution in [0.25, 0.3) is 0 Å². The van der Waals surface area contributed by atoms with Gasteiger partial charge >= 0.3 is 5.97 Å². The molecule has 0 aliphatic carbocycles. The summed E-state index contributed by atoms with van der Waals surface area (Å²) >= 11 is 1.54. The summed E-state index contributed by atoms with van der Waals surface area (Å²) in [5, 5.41) is 8.90. The van der Waals surface area contributed by atoms with Crippen molar-refractivity contribution in [3.05, 3.63) is 0 Å². The van der Waals surface area contributed by atoms with Crippen LogP contribution in [-0.2, 0) is 19.2 Å². The van der Waals surface area contributed by atoms with E-state index in [9.17, 15) is 19.2 Å². The van der Waals surface area contributed by atoms with Gasteiger partial charge in [0.05, 0.1) is 6.42 Å². The normalized spacial score (nSPS) is 12.1. The molecule has 0 rings (SSSR count). The Morgan fingerprint density at radius 3 is 1.88 bits per heavy atom. The Kier molecular flexibility index (Phi) is 17.5. The summed E-state index contributed by atoms with van der Waals surface area (Å²) < 4.78 is 0. The molecular formula is C33H59N3O5S. The number of nitrogens with zero attached hydrogens (tertiary/aromatic N) is 3. The highest BCUT2D eigenvalue weighted by atomic mass is 32.2. The average Bonchev–Trinajstić information content (AvgIpc) is 2.89. The van der Waals surface area contributed by atoms with Gasteiger partial charge in [-0.15, -0.1) is 12.3 Å². The summed E-state index contributed by atoms with van der Waals surface area (Å²) in [6.45, 7) is 22.0. The lowest BCUT2D eigenvalue weighted by Crippen LogP contribution is -2.59. The Morgan fingerprint density at radius 1 is 0.810 bits per heavy atom. The van der Waals surface area contributed by atoms with Crippen molar-refractivity contribution in [1.29, 1.82) is 0 Å². The van der Waals surface area contributed by atoms with E-state index < -0.39 is 17.0 Å². The fourth-order valence-corrected chi connectivity index (χ4v) is 5.86. The number of carbonyl (C=O) groups excluding carboxylic acids is 3. The van der Waals surface area contributed by atoms with Crippen LogP contribution in [0.4, 0.5) is 0 Å². The first-order valence-electron chi connectivity index (χ1n) is 15.5. The van der Waals surface area contributed by atoms with Crippen molar-refractivity contribution in [1.82, 2.24) is 14.7 Å². The summed E-state index contributed by atoms with van der Waals surface area (Å²) in [6.07, 6.45) is 9.27. The lowest BCUT2D eigenvalue weighted by atomic mass is 9.70. The van der Waals surface area contributed by atoms with E-state index in [-0.39, 0.29) is 35.6 Å². The molecule has 1 N–H and O–H groups in total. The van der Waals surface area contributed by atoms with Gasteiger partial charge in [-0.2, -0.15) is 11.8 Å². The first kappa shape index (κ1) is 39.8. The van der Waals surface area contributed by atoms with Crippen molar-refractivity contribution in [2.75, 3.05) is 31.1 Å². The monoisotopic (exact) mass is 609 g/mol. The fourth-order valence-electron chi connectivity index (χ4n) is 5.03. The number of aliphatic carboxylic acids is 1. The summed E-state index contributed by atoms with van der Waals surface area (Å²) in [5.74, 6) is 3.17. The van der Waals surface area contributed by atoms with Gasteiger partial charge in [-0.3, -0.25) is 19.2 Å². The second-order valence-corrected chi connectivity index (χ2v) is 14.3. The number of hydrogen-bond acceptors (Lipinski definition) is 5. The molecule has 0 fully saturated rings. The molecule has 8 nitrogen and oxygen atoms in total. The van der Waals surface area contributed by atoms with Crippen molar-refractivity contribution in [3.63, 3.8) is 0 Å². The number of carbonyl (C=O) groups is 4. The number of unbranched alkanes of at least 4 members (excludes halogenated alkanes) is 1. The van der Waals surface area contributed by atoms with Crippen molar-refractivity contribution in [2.24, 2.45) is 5.41 Å². The van der Waals surface area contributed by atoms with Gasteiger partial charge in [-0.05, 0) is 66.2 Å². The third-order valence-electron chi connectivity index (χ3n) is 8.77. The number of carboxylic acid groups (broad SMARTS) is 1. The minimum Gasteiger partial charge on any atom is -0.481 e. The molecular weight excluding hydrogens is 550 g/mol. The number of rotatable bonds is 21. The molecule has 0 bridgehead atoms. The minimum absolute atomic E-state index is 0.0486. The highest BCUT2D eigenvalue weighted by Crippen LogP contribution is 2.40. The molecule has 0 aromatic heterocycles. The third kappa shape index (κ3) is 12.6. The van der Waals surface area contributed by atoms with E-state index >= 15 is 0 Å². The van der Waals surface area contributed by atoms with E-state index in [0.717, 1.165) is 6.42 Å². The maximum absolute atomic E-state index is 13.4. The first-order chi connectivity index (χ1) is 19.4. The fraction of sp³-hybridized carbons (Fsp3) is 0.818. The smallest absolute Gasteiger partial charge is 0.304 e. The molecule has 0 aliphatic heterocycles. The lowest BCUT2D eigenvalue weighted by Gasteiger charge is -2.51. The van der Waals surface area contributed by atoms with E-state index in [4.69, 9.17) is 11.5 Å². The number of terminal acetylenes is 1. The van der Waals surface area contributed by atoms with Crippen molar-refractivity contribution in [2.45, 2.75) is 138 Å². The van der Waals surface area contributed by atoms with Gasteiger partial charge in [0.1, 0.15) is 0 Å². The molecule has 242 valence electrons. The molecule has 0 aromatic carbocycles. The maximum Gasteiger partial charge on any atom is 0.304 e. The van der Waals surface area contributed by atoms with Crippen LogP contribution >= 0.6 is 11.8 Å². The van der Waals surface area contributed by atoms with Gasteiger partial charge in [-0.1, -0.05) is 27.7 Å². The molecule has 42 heavy (non-hydrogen) atoms. The zero-order valence-corrected chi connectivity index (χ0v) is 29.0. The third-order valence-corrected chi connectivity index (χ3v) is 9.73. The largest absolute Gasteiger partial charge is 0.481 e. The van der Waals surface area contributed by atoms with Crippen LogP contribution < -0.4 is 0 Å². The predicted octanol–water partition coefficient (Wildman–Crippen LogP) is 6.08. The molecule has 3 amide bonds. The molecule has 0 radical (unpaired) electrons. The second-order valence-electron chi connectivity index (χ2n) is 13.0. The average molecular weight is 610 g/mol. The molecule has 0 aliphatic rings. The van der Waals surface area contributed by atoms with E-state index in [0.29, 0.717) is 69.7 Å². The van der Waals surface area contributed by atoms with Crippen LogP contribution in [0.15, 0.2) is 0 Å².